The lowest BCUT2D eigenvalue weighted by molar-refractivity contribution is 0.0985. The van der Waals surface area contributed by atoms with Crippen molar-refractivity contribution in [3.8, 4) is 0 Å². The standard InChI is InChI=1S/C23H20N4OS/c1-15-9-10-20(16(2)14-15)29-21-17(6-5-11-24-21)22(28)27-13-12-26-19-8-4-3-7-18(19)25-23(26)27/h3-11,14H,12-13H2,1-2H3. The molecule has 29 heavy (non-hydrogen) atoms. The van der Waals surface area contributed by atoms with Crippen LogP contribution < -0.4 is 4.90 Å². The van der Waals surface area contributed by atoms with Gasteiger partial charge < -0.3 is 4.57 Å². The lowest BCUT2D eigenvalue weighted by Gasteiger charge is -2.16. The summed E-state index contributed by atoms with van der Waals surface area (Å²) in [5.74, 6) is 0.655. The van der Waals surface area contributed by atoms with E-state index in [2.05, 4.69) is 41.6 Å². The van der Waals surface area contributed by atoms with Crippen molar-refractivity contribution in [2.75, 3.05) is 11.4 Å². The summed E-state index contributed by atoms with van der Waals surface area (Å²) in [5.41, 5.74) is 4.99. The minimum Gasteiger partial charge on any atom is -0.308 e. The number of aryl methyl sites for hydroxylation is 2. The summed E-state index contributed by atoms with van der Waals surface area (Å²) >= 11 is 1.54. The largest absolute Gasteiger partial charge is 0.308 e. The SMILES string of the molecule is Cc1ccc(Sc2ncccc2C(=O)N2CCn3c2nc2ccccc23)c(C)c1. The molecule has 1 aliphatic heterocycles. The van der Waals surface area contributed by atoms with Crippen molar-refractivity contribution in [3.63, 3.8) is 0 Å². The quantitative estimate of drug-likeness (QED) is 0.493. The van der Waals surface area contributed by atoms with Crippen molar-refractivity contribution >= 4 is 34.7 Å². The highest BCUT2D eigenvalue weighted by Gasteiger charge is 2.30. The molecule has 0 fully saturated rings. The lowest BCUT2D eigenvalue weighted by atomic mass is 10.2. The van der Waals surface area contributed by atoms with E-state index in [9.17, 15) is 4.79 Å². The molecule has 6 heteroatoms. The number of benzene rings is 2. The van der Waals surface area contributed by atoms with Crippen LogP contribution in [0.15, 0.2) is 70.7 Å². The summed E-state index contributed by atoms with van der Waals surface area (Å²) in [6, 6.07) is 18.0. The third-order valence-corrected chi connectivity index (χ3v) is 6.40. The Labute approximate surface area is 173 Å². The number of fused-ring (bicyclic) bond motifs is 3. The zero-order chi connectivity index (χ0) is 20.0. The van der Waals surface area contributed by atoms with Crippen molar-refractivity contribution in [3.05, 3.63) is 77.5 Å². The van der Waals surface area contributed by atoms with Gasteiger partial charge in [-0.1, -0.05) is 41.6 Å². The van der Waals surface area contributed by atoms with Crippen LogP contribution in [-0.4, -0.2) is 27.0 Å². The van der Waals surface area contributed by atoms with Crippen molar-refractivity contribution < 1.29 is 4.79 Å². The van der Waals surface area contributed by atoms with E-state index in [4.69, 9.17) is 4.98 Å². The summed E-state index contributed by atoms with van der Waals surface area (Å²) in [4.78, 5) is 25.5. The number of hydrogen-bond donors (Lipinski definition) is 0. The highest BCUT2D eigenvalue weighted by Crippen LogP contribution is 2.34. The molecule has 4 aromatic rings. The lowest BCUT2D eigenvalue weighted by Crippen LogP contribution is -2.30. The zero-order valence-corrected chi connectivity index (χ0v) is 17.1. The molecule has 5 rings (SSSR count). The zero-order valence-electron chi connectivity index (χ0n) is 16.3. The predicted octanol–water partition coefficient (Wildman–Crippen LogP) is 4.86. The Kier molecular flexibility index (Phi) is 4.36. The predicted molar refractivity (Wildman–Crippen MR) is 116 cm³/mol. The Morgan fingerprint density at radius 2 is 1.90 bits per heavy atom. The van der Waals surface area contributed by atoms with E-state index >= 15 is 0 Å². The number of para-hydroxylation sites is 2. The number of imidazole rings is 1. The average Bonchev–Trinajstić information content (AvgIpc) is 3.29. The molecule has 0 N–H and O–H groups in total. The van der Waals surface area contributed by atoms with E-state index in [1.54, 1.807) is 11.1 Å². The molecule has 2 aromatic heterocycles. The molecule has 144 valence electrons. The van der Waals surface area contributed by atoms with E-state index in [-0.39, 0.29) is 5.91 Å². The summed E-state index contributed by atoms with van der Waals surface area (Å²) in [6.45, 7) is 5.54. The number of amides is 1. The van der Waals surface area contributed by atoms with Crippen molar-refractivity contribution in [1.29, 1.82) is 0 Å². The number of nitrogens with zero attached hydrogens (tertiary/aromatic N) is 4. The number of hydrogen-bond acceptors (Lipinski definition) is 4. The van der Waals surface area contributed by atoms with Gasteiger partial charge in [-0.15, -0.1) is 0 Å². The first-order valence-corrected chi connectivity index (χ1v) is 10.4. The second kappa shape index (κ2) is 7.04. The van der Waals surface area contributed by atoms with Crippen LogP contribution in [0.5, 0.6) is 0 Å². The monoisotopic (exact) mass is 400 g/mol. The van der Waals surface area contributed by atoms with E-state index in [0.29, 0.717) is 18.1 Å². The molecule has 2 aromatic carbocycles. The molecule has 1 amide bonds. The highest BCUT2D eigenvalue weighted by atomic mass is 32.2. The maximum atomic E-state index is 13.5. The number of aromatic nitrogens is 3. The van der Waals surface area contributed by atoms with E-state index in [0.717, 1.165) is 27.5 Å². The molecular formula is C23H20N4OS. The van der Waals surface area contributed by atoms with Gasteiger partial charge in [0.25, 0.3) is 5.91 Å². The van der Waals surface area contributed by atoms with Gasteiger partial charge in [-0.05, 0) is 49.7 Å². The minimum atomic E-state index is -0.0561. The Hall–Kier alpha value is -3.12. The number of anilines is 1. The Morgan fingerprint density at radius 3 is 2.76 bits per heavy atom. The van der Waals surface area contributed by atoms with Crippen LogP contribution in [0, 0.1) is 13.8 Å². The van der Waals surface area contributed by atoms with Crippen molar-refractivity contribution in [2.45, 2.75) is 30.3 Å². The van der Waals surface area contributed by atoms with Crippen molar-refractivity contribution in [1.82, 2.24) is 14.5 Å². The fourth-order valence-corrected chi connectivity index (χ4v) is 4.72. The van der Waals surface area contributed by atoms with Crippen LogP contribution in [0.4, 0.5) is 5.95 Å². The number of pyridine rings is 1. The van der Waals surface area contributed by atoms with Crippen LogP contribution in [-0.2, 0) is 6.54 Å². The molecule has 0 aliphatic carbocycles. The van der Waals surface area contributed by atoms with Gasteiger partial charge in [0, 0.05) is 24.2 Å². The van der Waals surface area contributed by atoms with Crippen LogP contribution in [0.2, 0.25) is 0 Å². The van der Waals surface area contributed by atoms with E-state index in [1.807, 2.05) is 36.4 Å². The molecule has 5 nitrogen and oxygen atoms in total. The Balaban J connectivity index is 1.51. The van der Waals surface area contributed by atoms with Gasteiger partial charge in [0.15, 0.2) is 0 Å². The smallest absolute Gasteiger partial charge is 0.263 e. The molecule has 0 radical (unpaired) electrons. The molecule has 0 spiro atoms. The third-order valence-electron chi connectivity index (χ3n) is 5.21. The van der Waals surface area contributed by atoms with Crippen LogP contribution in [0.3, 0.4) is 0 Å². The molecule has 3 heterocycles. The third kappa shape index (κ3) is 3.09. The normalized spacial score (nSPS) is 13.1. The molecular weight excluding hydrogens is 380 g/mol. The molecule has 0 bridgehead atoms. The molecule has 0 saturated heterocycles. The fourth-order valence-electron chi connectivity index (χ4n) is 3.78. The maximum Gasteiger partial charge on any atom is 0.263 e. The van der Waals surface area contributed by atoms with Crippen molar-refractivity contribution in [2.24, 2.45) is 0 Å². The fraction of sp³-hybridized carbons (Fsp3) is 0.174. The van der Waals surface area contributed by atoms with E-state index in [1.165, 1.54) is 22.9 Å². The van der Waals surface area contributed by atoms with Crippen LogP contribution >= 0.6 is 11.8 Å². The summed E-state index contributed by atoms with van der Waals surface area (Å²) < 4.78 is 2.11. The first kappa shape index (κ1) is 17.9. The Morgan fingerprint density at radius 1 is 1.03 bits per heavy atom. The van der Waals surface area contributed by atoms with Crippen LogP contribution in [0.1, 0.15) is 21.5 Å². The second-order valence-corrected chi connectivity index (χ2v) is 8.27. The highest BCUT2D eigenvalue weighted by molar-refractivity contribution is 7.99. The van der Waals surface area contributed by atoms with Gasteiger partial charge in [0.1, 0.15) is 5.03 Å². The number of carbonyl (C=O) groups excluding carboxylic acids is 1. The Bertz CT molecular complexity index is 1250. The first-order chi connectivity index (χ1) is 14.1. The second-order valence-electron chi connectivity index (χ2n) is 7.24. The van der Waals surface area contributed by atoms with Gasteiger partial charge in [-0.3, -0.25) is 9.69 Å². The van der Waals surface area contributed by atoms with Gasteiger partial charge in [-0.25, -0.2) is 9.97 Å². The summed E-state index contributed by atoms with van der Waals surface area (Å²) in [6.07, 6.45) is 1.74. The summed E-state index contributed by atoms with van der Waals surface area (Å²) in [7, 11) is 0. The first-order valence-electron chi connectivity index (χ1n) is 9.59. The summed E-state index contributed by atoms with van der Waals surface area (Å²) in [5, 5.41) is 0.721. The topological polar surface area (TPSA) is 51.0 Å². The number of carbonyl (C=O) groups is 1. The molecule has 0 atom stereocenters. The minimum absolute atomic E-state index is 0.0561. The molecule has 1 aliphatic rings. The molecule has 0 unspecified atom stereocenters. The van der Waals surface area contributed by atoms with E-state index < -0.39 is 0 Å². The van der Waals surface area contributed by atoms with Gasteiger partial charge in [0.2, 0.25) is 5.95 Å². The maximum absolute atomic E-state index is 13.5. The number of rotatable bonds is 3. The van der Waals surface area contributed by atoms with Gasteiger partial charge in [-0.2, -0.15) is 0 Å². The van der Waals surface area contributed by atoms with Crippen LogP contribution in [0.25, 0.3) is 11.0 Å². The van der Waals surface area contributed by atoms with Gasteiger partial charge >= 0.3 is 0 Å². The van der Waals surface area contributed by atoms with Gasteiger partial charge in [0.05, 0.1) is 16.6 Å². The average molecular weight is 401 g/mol. The molecule has 0 saturated carbocycles.